The molecule has 4 nitrogen and oxygen atoms in total. The molecule has 0 spiro atoms. The van der Waals surface area contributed by atoms with Gasteiger partial charge in [0.1, 0.15) is 0 Å². The van der Waals surface area contributed by atoms with Crippen LogP contribution in [0.3, 0.4) is 0 Å². The molecule has 1 aromatic heterocycles. The smallest absolute Gasteiger partial charge is 0.167 e. The van der Waals surface area contributed by atoms with Crippen LogP contribution in [-0.4, -0.2) is 47.7 Å². The molecule has 0 radical (unpaired) electrons. The largest absolute Gasteiger partial charge is 0.370 e. The van der Waals surface area contributed by atoms with Gasteiger partial charge in [0.25, 0.3) is 0 Å². The van der Waals surface area contributed by atoms with Gasteiger partial charge in [-0.25, -0.2) is 0 Å². The number of likely N-dealkylation sites (N-methyl/N-ethyl adjacent to an activating group) is 1. The van der Waals surface area contributed by atoms with E-state index in [1.54, 1.807) is 6.20 Å². The maximum Gasteiger partial charge on any atom is 0.167 e. The van der Waals surface area contributed by atoms with Crippen LogP contribution in [0.1, 0.15) is 18.4 Å². The van der Waals surface area contributed by atoms with Crippen LogP contribution < -0.4 is 0 Å². The van der Waals surface area contributed by atoms with Crippen molar-refractivity contribution in [1.82, 2.24) is 15.0 Å². The summed E-state index contributed by atoms with van der Waals surface area (Å²) in [5.41, 5.74) is 3.03. The van der Waals surface area contributed by atoms with Gasteiger partial charge in [0.05, 0.1) is 11.6 Å². The van der Waals surface area contributed by atoms with Crippen LogP contribution in [0.15, 0.2) is 35.5 Å². The van der Waals surface area contributed by atoms with Gasteiger partial charge in [-0.3, -0.25) is 0 Å². The highest BCUT2D eigenvalue weighted by atomic mass is 16.5. The van der Waals surface area contributed by atoms with Gasteiger partial charge in [-0.1, -0.05) is 23.9 Å². The maximum atomic E-state index is 5.27. The van der Waals surface area contributed by atoms with Gasteiger partial charge in [-0.15, -0.1) is 0 Å². The average molecular weight is 283 g/mol. The molecular formula is C17H21N3O. The Bertz CT molecular complexity index is 669. The summed E-state index contributed by atoms with van der Waals surface area (Å²) in [6.45, 7) is 8.05. The third-order valence-electron chi connectivity index (χ3n) is 5.25. The van der Waals surface area contributed by atoms with Gasteiger partial charge in [-0.05, 0) is 37.9 Å². The monoisotopic (exact) mass is 283 g/mol. The lowest BCUT2D eigenvalue weighted by atomic mass is 9.83. The summed E-state index contributed by atoms with van der Waals surface area (Å²) in [5.74, 6) is 0.804. The van der Waals surface area contributed by atoms with Gasteiger partial charge < -0.3 is 14.3 Å². The maximum absolute atomic E-state index is 5.27. The number of aromatic nitrogens is 1. The molecule has 2 bridgehead atoms. The summed E-state index contributed by atoms with van der Waals surface area (Å²) in [6.07, 6.45) is 4.43. The number of piperidine rings is 3. The standard InChI is InChI=1S/C17H21N3O/c1-12(14-4-3-5-17-15(14)10-18-21-17)19(2)16-11-20-8-6-13(16)7-9-20/h3-5,10,13,16H,1,6-9,11H2,2H3. The molecule has 4 heterocycles. The highest BCUT2D eigenvalue weighted by Crippen LogP contribution is 2.34. The van der Waals surface area contributed by atoms with E-state index in [9.17, 15) is 0 Å². The van der Waals surface area contributed by atoms with Crippen LogP contribution in [0.25, 0.3) is 16.7 Å². The minimum atomic E-state index is 0.579. The Labute approximate surface area is 125 Å². The first kappa shape index (κ1) is 12.9. The number of hydrogen-bond acceptors (Lipinski definition) is 4. The Morgan fingerprint density at radius 2 is 2.19 bits per heavy atom. The molecule has 0 aliphatic carbocycles. The van der Waals surface area contributed by atoms with Crippen molar-refractivity contribution in [3.63, 3.8) is 0 Å². The first-order valence-corrected chi connectivity index (χ1v) is 7.72. The molecular weight excluding hydrogens is 262 g/mol. The number of fused-ring (bicyclic) bond motifs is 4. The van der Waals surface area contributed by atoms with E-state index in [4.69, 9.17) is 4.52 Å². The zero-order valence-electron chi connectivity index (χ0n) is 12.5. The van der Waals surface area contributed by atoms with Gasteiger partial charge >= 0.3 is 0 Å². The zero-order chi connectivity index (χ0) is 14.4. The average Bonchev–Trinajstić information content (AvgIpc) is 3.03. The van der Waals surface area contributed by atoms with E-state index in [1.807, 2.05) is 12.1 Å². The summed E-state index contributed by atoms with van der Waals surface area (Å²) < 4.78 is 5.27. The lowest BCUT2D eigenvalue weighted by molar-refractivity contribution is 0.0389. The molecule has 21 heavy (non-hydrogen) atoms. The molecule has 0 saturated carbocycles. The normalized spacial score (nSPS) is 28.0. The number of benzene rings is 1. The molecule has 3 saturated heterocycles. The fourth-order valence-corrected chi connectivity index (χ4v) is 3.91. The lowest BCUT2D eigenvalue weighted by Crippen LogP contribution is -2.55. The third kappa shape index (κ3) is 2.05. The van der Waals surface area contributed by atoms with E-state index in [0.29, 0.717) is 6.04 Å². The van der Waals surface area contributed by atoms with E-state index in [0.717, 1.165) is 28.1 Å². The Morgan fingerprint density at radius 3 is 2.90 bits per heavy atom. The Balaban J connectivity index is 1.63. The van der Waals surface area contributed by atoms with Crippen molar-refractivity contribution in [2.75, 3.05) is 26.7 Å². The highest BCUT2D eigenvalue weighted by Gasteiger charge is 2.36. The number of rotatable bonds is 3. The van der Waals surface area contributed by atoms with Crippen molar-refractivity contribution in [3.8, 4) is 0 Å². The third-order valence-corrected chi connectivity index (χ3v) is 5.25. The minimum Gasteiger partial charge on any atom is -0.370 e. The molecule has 110 valence electrons. The summed E-state index contributed by atoms with van der Waals surface area (Å²) in [5, 5.41) is 4.96. The van der Waals surface area contributed by atoms with Crippen molar-refractivity contribution in [3.05, 3.63) is 36.5 Å². The molecule has 0 amide bonds. The second kappa shape index (κ2) is 4.88. The van der Waals surface area contributed by atoms with Crippen LogP contribution >= 0.6 is 0 Å². The molecule has 1 unspecified atom stereocenters. The van der Waals surface area contributed by atoms with Gasteiger partial charge in [0, 0.05) is 30.9 Å². The first-order chi connectivity index (χ1) is 10.2. The molecule has 3 aliphatic rings. The van der Waals surface area contributed by atoms with Crippen LogP contribution in [-0.2, 0) is 0 Å². The predicted octanol–water partition coefficient (Wildman–Crippen LogP) is 2.82. The van der Waals surface area contributed by atoms with E-state index in [2.05, 4.69) is 34.6 Å². The van der Waals surface area contributed by atoms with Crippen molar-refractivity contribution >= 4 is 16.7 Å². The van der Waals surface area contributed by atoms with E-state index >= 15 is 0 Å². The van der Waals surface area contributed by atoms with E-state index < -0.39 is 0 Å². The Morgan fingerprint density at radius 1 is 1.38 bits per heavy atom. The van der Waals surface area contributed by atoms with Crippen LogP contribution in [0, 0.1) is 5.92 Å². The quantitative estimate of drug-likeness (QED) is 0.867. The molecule has 2 aromatic rings. The summed E-state index contributed by atoms with van der Waals surface area (Å²) in [4.78, 5) is 4.95. The first-order valence-electron chi connectivity index (χ1n) is 7.72. The second-order valence-electron chi connectivity index (χ2n) is 6.31. The number of hydrogen-bond donors (Lipinski definition) is 0. The van der Waals surface area contributed by atoms with Crippen LogP contribution in [0.4, 0.5) is 0 Å². The van der Waals surface area contributed by atoms with Crippen LogP contribution in [0.5, 0.6) is 0 Å². The zero-order valence-corrected chi connectivity index (χ0v) is 12.5. The van der Waals surface area contributed by atoms with Crippen molar-refractivity contribution in [2.45, 2.75) is 18.9 Å². The highest BCUT2D eigenvalue weighted by molar-refractivity contribution is 5.89. The molecule has 5 rings (SSSR count). The van der Waals surface area contributed by atoms with Gasteiger partial charge in [0.2, 0.25) is 0 Å². The van der Waals surface area contributed by atoms with Crippen molar-refractivity contribution in [2.24, 2.45) is 5.92 Å². The summed E-state index contributed by atoms with van der Waals surface area (Å²) >= 11 is 0. The summed E-state index contributed by atoms with van der Waals surface area (Å²) in [6, 6.07) is 6.65. The molecule has 3 aliphatic heterocycles. The van der Waals surface area contributed by atoms with E-state index in [-0.39, 0.29) is 0 Å². The minimum absolute atomic E-state index is 0.579. The molecule has 1 aromatic carbocycles. The number of nitrogens with zero attached hydrogens (tertiary/aromatic N) is 3. The lowest BCUT2D eigenvalue weighted by Gasteiger charge is -2.49. The summed E-state index contributed by atoms with van der Waals surface area (Å²) in [7, 11) is 2.18. The molecule has 3 fully saturated rings. The van der Waals surface area contributed by atoms with Crippen LogP contribution in [0.2, 0.25) is 0 Å². The Kier molecular flexibility index (Phi) is 3.00. The Hall–Kier alpha value is -1.81. The molecule has 1 atom stereocenters. The van der Waals surface area contributed by atoms with Gasteiger partial charge in [-0.2, -0.15) is 0 Å². The van der Waals surface area contributed by atoms with Crippen molar-refractivity contribution in [1.29, 1.82) is 0 Å². The topological polar surface area (TPSA) is 32.5 Å². The SMILES string of the molecule is C=C(c1cccc2oncc12)N(C)C1CN2CCC1CC2. The van der Waals surface area contributed by atoms with E-state index in [1.165, 1.54) is 32.5 Å². The van der Waals surface area contributed by atoms with Crippen molar-refractivity contribution < 1.29 is 4.52 Å². The fraction of sp³-hybridized carbons (Fsp3) is 0.471. The second-order valence-corrected chi connectivity index (χ2v) is 6.31. The predicted molar refractivity (Wildman–Crippen MR) is 83.8 cm³/mol. The molecule has 0 N–H and O–H groups in total. The van der Waals surface area contributed by atoms with Gasteiger partial charge in [0.15, 0.2) is 5.58 Å². The molecule has 4 heteroatoms. The fourth-order valence-electron chi connectivity index (χ4n) is 3.91.